The normalized spacial score (nSPS) is 14.8. The third kappa shape index (κ3) is 3.92. The Kier molecular flexibility index (Phi) is 4.52. The molecule has 19 heavy (non-hydrogen) atoms. The Labute approximate surface area is 113 Å². The summed E-state index contributed by atoms with van der Waals surface area (Å²) in [5.41, 5.74) is 4.05. The molecule has 1 rings (SSSR count). The van der Waals surface area contributed by atoms with Crippen LogP contribution in [0.15, 0.2) is 24.3 Å². The van der Waals surface area contributed by atoms with Gasteiger partial charge in [0, 0.05) is 13.5 Å². The molecule has 5 heteroatoms. The molecule has 0 aliphatic heterocycles. The molecule has 0 aliphatic carbocycles. The monoisotopic (exact) mass is 268 g/mol. The van der Waals surface area contributed by atoms with Gasteiger partial charge in [0.25, 0.3) is 0 Å². The second-order valence-electron chi connectivity index (χ2n) is 5.44. The first-order chi connectivity index (χ1) is 8.70. The zero-order chi connectivity index (χ0) is 14.7. The average Bonchev–Trinajstić information content (AvgIpc) is 2.31. The molecule has 1 aromatic rings. The van der Waals surface area contributed by atoms with Crippen LogP contribution in [0.3, 0.4) is 0 Å². The number of hydrogen-bond donors (Lipinski definition) is 2. The zero-order valence-corrected chi connectivity index (χ0v) is 11.8. The van der Waals surface area contributed by atoms with Gasteiger partial charge in [0.15, 0.2) is 0 Å². The molecule has 0 aromatic heterocycles. The van der Waals surface area contributed by atoms with Gasteiger partial charge in [0.05, 0.1) is 11.3 Å². The summed E-state index contributed by atoms with van der Waals surface area (Å²) in [6, 6.07) is 6.16. The second kappa shape index (κ2) is 5.57. The predicted molar refractivity (Wildman–Crippen MR) is 73.3 cm³/mol. The minimum atomic E-state index is -1.10. The lowest BCUT2D eigenvalue weighted by Gasteiger charge is -2.35. The summed E-state index contributed by atoms with van der Waals surface area (Å²) < 4.78 is 19.0. The molecule has 0 aliphatic rings. The Bertz CT molecular complexity index is 463. The molecular formula is C14H21FN2O2. The number of halogens is 1. The lowest BCUT2D eigenvalue weighted by molar-refractivity contribution is -0.124. The van der Waals surface area contributed by atoms with E-state index in [0.29, 0.717) is 6.42 Å². The maximum Gasteiger partial charge on any atom is 0.242 e. The van der Waals surface area contributed by atoms with E-state index < -0.39 is 22.9 Å². The van der Waals surface area contributed by atoms with E-state index in [0.717, 1.165) is 0 Å². The van der Waals surface area contributed by atoms with Crippen LogP contribution in [0.1, 0.15) is 27.2 Å². The number of anilines is 1. The number of methoxy groups -OCH3 is 1. The average molecular weight is 268 g/mol. The summed E-state index contributed by atoms with van der Waals surface area (Å²) in [4.78, 5) is 11.7. The van der Waals surface area contributed by atoms with Crippen molar-refractivity contribution in [3.05, 3.63) is 30.1 Å². The van der Waals surface area contributed by atoms with Gasteiger partial charge in [0.2, 0.25) is 5.91 Å². The van der Waals surface area contributed by atoms with Gasteiger partial charge < -0.3 is 15.8 Å². The van der Waals surface area contributed by atoms with E-state index in [-0.39, 0.29) is 5.69 Å². The van der Waals surface area contributed by atoms with Crippen molar-refractivity contribution in [2.24, 2.45) is 5.73 Å². The predicted octanol–water partition coefficient (Wildman–Crippen LogP) is 2.30. The van der Waals surface area contributed by atoms with Crippen molar-refractivity contribution < 1.29 is 13.9 Å². The highest BCUT2D eigenvalue weighted by Gasteiger charge is 2.38. The third-order valence-electron chi connectivity index (χ3n) is 3.16. The molecule has 1 amide bonds. The van der Waals surface area contributed by atoms with E-state index in [9.17, 15) is 9.18 Å². The first kappa shape index (κ1) is 15.4. The Morgan fingerprint density at radius 3 is 2.42 bits per heavy atom. The first-order valence-corrected chi connectivity index (χ1v) is 6.08. The highest BCUT2D eigenvalue weighted by atomic mass is 19.1. The van der Waals surface area contributed by atoms with Gasteiger partial charge in [-0.25, -0.2) is 4.39 Å². The van der Waals surface area contributed by atoms with Crippen LogP contribution in [-0.2, 0) is 9.53 Å². The van der Waals surface area contributed by atoms with Crippen molar-refractivity contribution in [2.45, 2.75) is 38.3 Å². The summed E-state index contributed by atoms with van der Waals surface area (Å²) in [6.07, 6.45) is 0.320. The molecule has 0 saturated carbocycles. The van der Waals surface area contributed by atoms with Crippen molar-refractivity contribution in [2.75, 3.05) is 12.4 Å². The summed E-state index contributed by atoms with van der Waals surface area (Å²) in [5.74, 6) is -0.980. The summed E-state index contributed by atoms with van der Waals surface area (Å²) in [6.45, 7) is 5.33. The van der Waals surface area contributed by atoms with Gasteiger partial charge in [-0.15, -0.1) is 0 Å². The molecule has 0 bridgehead atoms. The van der Waals surface area contributed by atoms with Crippen molar-refractivity contribution >= 4 is 11.6 Å². The van der Waals surface area contributed by atoms with Crippen molar-refractivity contribution in [3.8, 4) is 0 Å². The lowest BCUT2D eigenvalue weighted by Crippen LogP contribution is -2.52. The van der Waals surface area contributed by atoms with Crippen LogP contribution in [-0.4, -0.2) is 24.2 Å². The van der Waals surface area contributed by atoms with E-state index in [1.807, 2.05) is 13.8 Å². The fraction of sp³-hybridized carbons (Fsp3) is 0.500. The third-order valence-corrected chi connectivity index (χ3v) is 3.16. The van der Waals surface area contributed by atoms with Crippen LogP contribution < -0.4 is 11.1 Å². The van der Waals surface area contributed by atoms with E-state index in [1.54, 1.807) is 32.2 Å². The van der Waals surface area contributed by atoms with Gasteiger partial charge in [-0.2, -0.15) is 0 Å². The van der Waals surface area contributed by atoms with E-state index >= 15 is 0 Å². The number of ether oxygens (including phenoxy) is 1. The highest BCUT2D eigenvalue weighted by molar-refractivity contribution is 5.87. The molecular weight excluding hydrogens is 247 g/mol. The number of amides is 1. The number of nitrogens with one attached hydrogen (secondary N) is 1. The topological polar surface area (TPSA) is 64.3 Å². The van der Waals surface area contributed by atoms with Gasteiger partial charge in [-0.3, -0.25) is 4.79 Å². The molecule has 106 valence electrons. The molecule has 0 radical (unpaired) electrons. The smallest absolute Gasteiger partial charge is 0.242 e. The fourth-order valence-corrected chi connectivity index (χ4v) is 1.98. The minimum Gasteiger partial charge on any atom is -0.379 e. The summed E-state index contributed by atoms with van der Waals surface area (Å²) in [5, 5.41) is 2.88. The maximum atomic E-state index is 13.7. The Balaban J connectivity index is 3.01. The number of nitrogens with two attached hydrogens (primary N) is 1. The Hall–Kier alpha value is -1.62. The molecule has 3 N–H and O–H groups in total. The molecule has 1 unspecified atom stereocenters. The Morgan fingerprint density at radius 2 is 1.95 bits per heavy atom. The standard InChI is InChI=1S/C14H21FN2O2/c1-13(2,19-4)9-14(3,12(16)18)17-11-8-6-5-7-10(11)15/h5-8,17H,9H2,1-4H3,(H2,16,18). The first-order valence-electron chi connectivity index (χ1n) is 6.08. The number of hydrogen-bond acceptors (Lipinski definition) is 3. The SMILES string of the molecule is COC(C)(C)CC(C)(Nc1ccccc1F)C(N)=O. The van der Waals surface area contributed by atoms with Gasteiger partial charge in [-0.1, -0.05) is 12.1 Å². The van der Waals surface area contributed by atoms with Gasteiger partial charge in [0.1, 0.15) is 11.4 Å². The second-order valence-corrected chi connectivity index (χ2v) is 5.44. The molecule has 0 fully saturated rings. The summed E-state index contributed by atoms with van der Waals surface area (Å²) in [7, 11) is 1.56. The van der Waals surface area contributed by atoms with Crippen LogP contribution in [0.25, 0.3) is 0 Å². The van der Waals surface area contributed by atoms with Crippen molar-refractivity contribution in [1.82, 2.24) is 0 Å². The van der Waals surface area contributed by atoms with E-state index in [2.05, 4.69) is 5.32 Å². The molecule has 1 aromatic carbocycles. The highest BCUT2D eigenvalue weighted by Crippen LogP contribution is 2.27. The molecule has 0 heterocycles. The van der Waals surface area contributed by atoms with E-state index in [4.69, 9.17) is 10.5 Å². The zero-order valence-electron chi connectivity index (χ0n) is 11.8. The Morgan fingerprint density at radius 1 is 1.37 bits per heavy atom. The van der Waals surface area contributed by atoms with Crippen LogP contribution in [0.2, 0.25) is 0 Å². The van der Waals surface area contributed by atoms with Crippen LogP contribution in [0, 0.1) is 5.82 Å². The lowest BCUT2D eigenvalue weighted by atomic mass is 9.86. The molecule has 0 spiro atoms. The molecule has 0 saturated heterocycles. The number of carbonyl (C=O) groups excluding carboxylic acids is 1. The van der Waals surface area contributed by atoms with Crippen molar-refractivity contribution in [1.29, 1.82) is 0 Å². The van der Waals surface area contributed by atoms with Crippen molar-refractivity contribution in [3.63, 3.8) is 0 Å². The van der Waals surface area contributed by atoms with E-state index in [1.165, 1.54) is 6.07 Å². The summed E-state index contributed by atoms with van der Waals surface area (Å²) >= 11 is 0. The fourth-order valence-electron chi connectivity index (χ4n) is 1.98. The number of benzene rings is 1. The largest absolute Gasteiger partial charge is 0.379 e. The minimum absolute atomic E-state index is 0.246. The number of para-hydroxylation sites is 1. The quantitative estimate of drug-likeness (QED) is 0.832. The van der Waals surface area contributed by atoms with Gasteiger partial charge >= 0.3 is 0 Å². The van der Waals surface area contributed by atoms with Crippen LogP contribution in [0.5, 0.6) is 0 Å². The maximum absolute atomic E-state index is 13.7. The number of rotatable bonds is 6. The molecule has 1 atom stereocenters. The molecule has 4 nitrogen and oxygen atoms in total. The number of primary amides is 1. The van der Waals surface area contributed by atoms with Crippen LogP contribution >= 0.6 is 0 Å². The number of carbonyl (C=O) groups is 1. The van der Waals surface area contributed by atoms with Crippen LogP contribution in [0.4, 0.5) is 10.1 Å². The van der Waals surface area contributed by atoms with Gasteiger partial charge in [-0.05, 0) is 32.9 Å².